The second-order valence-corrected chi connectivity index (χ2v) is 5.91. The number of rotatable bonds is 3. The van der Waals surface area contributed by atoms with Crippen LogP contribution < -0.4 is 4.90 Å². The van der Waals surface area contributed by atoms with E-state index in [1.54, 1.807) is 4.52 Å². The van der Waals surface area contributed by atoms with Crippen LogP contribution in [0.3, 0.4) is 0 Å². The molecule has 0 bridgehead atoms. The summed E-state index contributed by atoms with van der Waals surface area (Å²) in [4.78, 5) is 10.9. The second kappa shape index (κ2) is 5.62. The molecule has 0 spiro atoms. The zero-order valence-electron chi connectivity index (χ0n) is 13.3. The molecule has 1 saturated heterocycles. The van der Waals surface area contributed by atoms with Crippen molar-refractivity contribution in [1.29, 1.82) is 0 Å². The number of morpholine rings is 1. The Labute approximate surface area is 133 Å². The fraction of sp³-hybridized carbons (Fsp3) is 0.467. The maximum atomic E-state index is 5.90. The van der Waals surface area contributed by atoms with Crippen LogP contribution in [0.4, 0.5) is 5.82 Å². The van der Waals surface area contributed by atoms with Crippen LogP contribution in [-0.4, -0.2) is 55.2 Å². The van der Waals surface area contributed by atoms with E-state index in [0.717, 1.165) is 36.7 Å². The minimum absolute atomic E-state index is 0.0927. The summed E-state index contributed by atoms with van der Waals surface area (Å²) in [7, 11) is 0. The first-order valence-corrected chi connectivity index (χ1v) is 7.72. The minimum Gasteiger partial charge on any atom is -0.373 e. The van der Waals surface area contributed by atoms with Crippen LogP contribution in [0, 0.1) is 13.8 Å². The van der Waals surface area contributed by atoms with Crippen molar-refractivity contribution in [2.24, 2.45) is 0 Å². The molecule has 0 radical (unpaired) electrons. The van der Waals surface area contributed by atoms with Gasteiger partial charge < -0.3 is 9.64 Å². The Bertz CT molecular complexity index is 824. The first-order chi connectivity index (χ1) is 11.2. The third-order valence-corrected chi connectivity index (χ3v) is 3.98. The molecule has 1 fully saturated rings. The van der Waals surface area contributed by atoms with Gasteiger partial charge in [-0.1, -0.05) is 0 Å². The Kier molecular flexibility index (Phi) is 3.45. The molecular formula is C15H19N7O. The molecule has 1 atom stereocenters. The van der Waals surface area contributed by atoms with Gasteiger partial charge in [-0.15, -0.1) is 0 Å². The van der Waals surface area contributed by atoms with Crippen molar-refractivity contribution in [3.8, 4) is 0 Å². The van der Waals surface area contributed by atoms with Gasteiger partial charge >= 0.3 is 0 Å². The van der Waals surface area contributed by atoms with Gasteiger partial charge in [0, 0.05) is 31.0 Å². The van der Waals surface area contributed by atoms with Crippen LogP contribution in [0.5, 0.6) is 0 Å². The highest BCUT2D eigenvalue weighted by Gasteiger charge is 2.23. The van der Waals surface area contributed by atoms with Crippen molar-refractivity contribution >= 4 is 11.6 Å². The molecule has 0 aliphatic carbocycles. The van der Waals surface area contributed by atoms with Gasteiger partial charge in [-0.25, -0.2) is 4.98 Å². The lowest BCUT2D eigenvalue weighted by Gasteiger charge is -2.34. The molecule has 8 heteroatoms. The van der Waals surface area contributed by atoms with Gasteiger partial charge in [0.05, 0.1) is 25.5 Å². The molecule has 0 N–H and O–H groups in total. The third-order valence-electron chi connectivity index (χ3n) is 3.98. The van der Waals surface area contributed by atoms with Crippen molar-refractivity contribution < 1.29 is 4.74 Å². The van der Waals surface area contributed by atoms with Gasteiger partial charge in [0.25, 0.3) is 5.78 Å². The summed E-state index contributed by atoms with van der Waals surface area (Å²) >= 11 is 0. The fourth-order valence-electron chi connectivity index (χ4n) is 2.95. The fourth-order valence-corrected chi connectivity index (χ4v) is 2.95. The molecule has 0 unspecified atom stereocenters. The highest BCUT2D eigenvalue weighted by atomic mass is 16.5. The maximum absolute atomic E-state index is 5.90. The molecule has 4 heterocycles. The van der Waals surface area contributed by atoms with Crippen molar-refractivity contribution in [3.63, 3.8) is 0 Å². The number of hydrogen-bond donors (Lipinski definition) is 0. The minimum atomic E-state index is 0.0927. The van der Waals surface area contributed by atoms with Crippen LogP contribution >= 0.6 is 0 Å². The van der Waals surface area contributed by atoms with E-state index in [1.165, 1.54) is 6.33 Å². The predicted molar refractivity (Wildman–Crippen MR) is 84.4 cm³/mol. The predicted octanol–water partition coefficient (Wildman–Crippen LogP) is 0.843. The summed E-state index contributed by atoms with van der Waals surface area (Å²) in [5.74, 6) is 1.64. The van der Waals surface area contributed by atoms with E-state index < -0.39 is 0 Å². The van der Waals surface area contributed by atoms with Crippen molar-refractivity contribution in [2.75, 3.05) is 24.6 Å². The monoisotopic (exact) mass is 313 g/mol. The van der Waals surface area contributed by atoms with Crippen molar-refractivity contribution in [3.05, 3.63) is 36.0 Å². The quantitative estimate of drug-likeness (QED) is 0.713. The number of ether oxygens (including phenoxy) is 1. The Morgan fingerprint density at radius 1 is 1.30 bits per heavy atom. The van der Waals surface area contributed by atoms with Crippen LogP contribution in [0.2, 0.25) is 0 Å². The summed E-state index contributed by atoms with van der Waals surface area (Å²) < 4.78 is 9.63. The van der Waals surface area contributed by atoms with E-state index in [4.69, 9.17) is 4.74 Å². The van der Waals surface area contributed by atoms with E-state index >= 15 is 0 Å². The first kappa shape index (κ1) is 14.1. The molecular weight excluding hydrogens is 294 g/mol. The van der Waals surface area contributed by atoms with E-state index in [1.807, 2.05) is 37.0 Å². The summed E-state index contributed by atoms with van der Waals surface area (Å²) in [5, 5.41) is 8.63. The van der Waals surface area contributed by atoms with Crippen LogP contribution in [0.1, 0.15) is 11.3 Å². The van der Waals surface area contributed by atoms with Gasteiger partial charge in [0.15, 0.2) is 0 Å². The standard InChI is InChI=1S/C15H19N7O/c1-11-6-17-21(7-11)9-13-8-20(3-4-23-13)14-5-12(2)19-15-16-10-18-22(14)15/h5-7,10,13H,3-4,8-9H2,1-2H3/t13-/m1/s1. The zero-order valence-corrected chi connectivity index (χ0v) is 13.3. The lowest BCUT2D eigenvalue weighted by molar-refractivity contribution is 0.0270. The highest BCUT2D eigenvalue weighted by molar-refractivity contribution is 5.47. The van der Waals surface area contributed by atoms with E-state index in [9.17, 15) is 0 Å². The molecule has 8 nitrogen and oxygen atoms in total. The molecule has 23 heavy (non-hydrogen) atoms. The van der Waals surface area contributed by atoms with Gasteiger partial charge in [-0.05, 0) is 19.4 Å². The number of aromatic nitrogens is 6. The normalized spacial score (nSPS) is 18.7. The molecule has 120 valence electrons. The largest absolute Gasteiger partial charge is 0.373 e. The number of hydrogen-bond acceptors (Lipinski definition) is 6. The maximum Gasteiger partial charge on any atom is 0.254 e. The van der Waals surface area contributed by atoms with E-state index in [0.29, 0.717) is 12.4 Å². The van der Waals surface area contributed by atoms with Crippen molar-refractivity contribution in [1.82, 2.24) is 29.4 Å². The SMILES string of the molecule is Cc1cnn(C[C@H]2CN(c3cc(C)nc4ncnn34)CCO2)c1. The Hall–Kier alpha value is -2.48. The molecule has 3 aromatic rings. The number of aryl methyl sites for hydroxylation is 2. The van der Waals surface area contributed by atoms with Crippen LogP contribution in [0.15, 0.2) is 24.8 Å². The lowest BCUT2D eigenvalue weighted by Crippen LogP contribution is -2.45. The molecule has 1 aliphatic rings. The first-order valence-electron chi connectivity index (χ1n) is 7.72. The lowest BCUT2D eigenvalue weighted by atomic mass is 10.2. The van der Waals surface area contributed by atoms with E-state index in [-0.39, 0.29) is 6.10 Å². The van der Waals surface area contributed by atoms with Gasteiger partial charge in [0.2, 0.25) is 0 Å². The Morgan fingerprint density at radius 3 is 3.04 bits per heavy atom. The van der Waals surface area contributed by atoms with E-state index in [2.05, 4.69) is 25.1 Å². The highest BCUT2D eigenvalue weighted by Crippen LogP contribution is 2.19. The topological polar surface area (TPSA) is 73.4 Å². The summed E-state index contributed by atoms with van der Waals surface area (Å²) in [6, 6.07) is 2.04. The number of fused-ring (bicyclic) bond motifs is 1. The van der Waals surface area contributed by atoms with Crippen LogP contribution in [0.25, 0.3) is 5.78 Å². The molecule has 0 aromatic carbocycles. The van der Waals surface area contributed by atoms with Gasteiger partial charge in [-0.2, -0.15) is 19.7 Å². The average Bonchev–Trinajstić information content (AvgIpc) is 3.15. The summed E-state index contributed by atoms with van der Waals surface area (Å²) in [6.07, 6.45) is 5.53. The van der Waals surface area contributed by atoms with Gasteiger partial charge in [-0.3, -0.25) is 4.68 Å². The Morgan fingerprint density at radius 2 is 2.22 bits per heavy atom. The smallest absolute Gasteiger partial charge is 0.254 e. The molecule has 4 rings (SSSR count). The number of nitrogens with zero attached hydrogens (tertiary/aromatic N) is 7. The summed E-state index contributed by atoms with van der Waals surface area (Å²) in [6.45, 7) is 7.06. The second-order valence-electron chi connectivity index (χ2n) is 5.91. The molecule has 1 aliphatic heterocycles. The molecule has 0 saturated carbocycles. The summed E-state index contributed by atoms with van der Waals surface area (Å²) in [5.41, 5.74) is 2.10. The molecule has 3 aromatic heterocycles. The number of anilines is 1. The van der Waals surface area contributed by atoms with Gasteiger partial charge in [0.1, 0.15) is 12.1 Å². The Balaban J connectivity index is 1.57. The third kappa shape index (κ3) is 2.77. The van der Waals surface area contributed by atoms with Crippen LogP contribution in [-0.2, 0) is 11.3 Å². The average molecular weight is 313 g/mol. The molecule has 0 amide bonds. The zero-order chi connectivity index (χ0) is 15.8. The van der Waals surface area contributed by atoms with Crippen molar-refractivity contribution in [2.45, 2.75) is 26.5 Å².